The van der Waals surface area contributed by atoms with Crippen LogP contribution >= 0.6 is 11.6 Å². The summed E-state index contributed by atoms with van der Waals surface area (Å²) in [6, 6.07) is 9.05. The molecule has 0 saturated carbocycles. The molecule has 25 heavy (non-hydrogen) atoms. The zero-order valence-corrected chi connectivity index (χ0v) is 14.7. The summed E-state index contributed by atoms with van der Waals surface area (Å²) in [5, 5.41) is 17.7. The van der Waals surface area contributed by atoms with Crippen LogP contribution in [0.2, 0.25) is 5.02 Å². The van der Waals surface area contributed by atoms with Crippen molar-refractivity contribution < 1.29 is 14.6 Å². The maximum absolute atomic E-state index is 12.5. The molecular formula is C17H21ClN4O3. The Bertz CT molecular complexity index is 749. The first kappa shape index (κ1) is 17.7. The average molecular weight is 365 g/mol. The van der Waals surface area contributed by atoms with Crippen molar-refractivity contribution in [1.82, 2.24) is 14.7 Å². The summed E-state index contributed by atoms with van der Waals surface area (Å²) in [6.45, 7) is 3.70. The molecule has 2 N–H and O–H groups in total. The molecule has 0 unspecified atom stereocenters. The molecule has 1 atom stereocenters. The van der Waals surface area contributed by atoms with Gasteiger partial charge in [-0.3, -0.25) is 5.32 Å². The number of rotatable bonds is 3. The minimum absolute atomic E-state index is 0.243. The molecule has 0 aliphatic carbocycles. The minimum atomic E-state index is -0.675. The van der Waals surface area contributed by atoms with Gasteiger partial charge in [-0.15, -0.1) is 0 Å². The zero-order chi connectivity index (χ0) is 17.8. The van der Waals surface area contributed by atoms with Crippen LogP contribution in [-0.4, -0.2) is 58.2 Å². The average Bonchev–Trinajstić information content (AvgIpc) is 2.76. The quantitative estimate of drug-likeness (QED) is 0.874. The van der Waals surface area contributed by atoms with Gasteiger partial charge in [-0.25, -0.2) is 9.48 Å². The van der Waals surface area contributed by atoms with Crippen LogP contribution in [0.3, 0.4) is 0 Å². The molecule has 2 aromatic rings. The predicted octanol–water partition coefficient (Wildman–Crippen LogP) is 2.12. The van der Waals surface area contributed by atoms with Crippen LogP contribution in [0.5, 0.6) is 0 Å². The summed E-state index contributed by atoms with van der Waals surface area (Å²) in [6.07, 6.45) is -0.675. The Morgan fingerprint density at radius 3 is 3.12 bits per heavy atom. The van der Waals surface area contributed by atoms with Crippen molar-refractivity contribution in [3.8, 4) is 0 Å². The Balaban J connectivity index is 1.73. The number of hydrogen-bond donors (Lipinski definition) is 2. The van der Waals surface area contributed by atoms with E-state index in [9.17, 15) is 9.90 Å². The molecule has 3 rings (SSSR count). The van der Waals surface area contributed by atoms with E-state index < -0.39 is 6.10 Å². The molecule has 8 heteroatoms. The highest BCUT2D eigenvalue weighted by atomic mass is 35.5. The van der Waals surface area contributed by atoms with Gasteiger partial charge >= 0.3 is 6.03 Å². The molecule has 0 spiro atoms. The molecule has 1 aromatic heterocycles. The molecule has 7 nitrogen and oxygen atoms in total. The van der Waals surface area contributed by atoms with E-state index >= 15 is 0 Å². The molecule has 134 valence electrons. The number of aromatic nitrogens is 2. The van der Waals surface area contributed by atoms with E-state index in [1.165, 1.54) is 0 Å². The number of anilines is 1. The van der Waals surface area contributed by atoms with Crippen molar-refractivity contribution in [3.63, 3.8) is 0 Å². The monoisotopic (exact) mass is 364 g/mol. The van der Waals surface area contributed by atoms with Gasteiger partial charge in [-0.1, -0.05) is 23.7 Å². The van der Waals surface area contributed by atoms with Crippen LogP contribution in [0.25, 0.3) is 0 Å². The smallest absolute Gasteiger partial charge is 0.323 e. The second-order valence-corrected chi connectivity index (χ2v) is 6.50. The normalized spacial score (nSPS) is 18.0. The topological polar surface area (TPSA) is 79.6 Å². The summed E-state index contributed by atoms with van der Waals surface area (Å²) in [5.74, 6) is 0.599. The number of carbonyl (C=O) groups excluding carboxylic acids is 1. The van der Waals surface area contributed by atoms with Crippen molar-refractivity contribution in [2.45, 2.75) is 19.6 Å². The van der Waals surface area contributed by atoms with Crippen LogP contribution < -0.4 is 5.32 Å². The number of β-amino-alcohol motifs (C(OH)–C–C–N with tert-alkyl or cyclic N) is 1. The van der Waals surface area contributed by atoms with Crippen molar-refractivity contribution in [1.29, 1.82) is 0 Å². The molecule has 0 bridgehead atoms. The van der Waals surface area contributed by atoms with Gasteiger partial charge in [0, 0.05) is 17.6 Å². The third-order valence-corrected chi connectivity index (χ3v) is 4.13. The van der Waals surface area contributed by atoms with Gasteiger partial charge in [0.1, 0.15) is 5.82 Å². The van der Waals surface area contributed by atoms with E-state index in [1.807, 2.05) is 37.3 Å². The van der Waals surface area contributed by atoms with Crippen molar-refractivity contribution in [3.05, 3.63) is 46.6 Å². The lowest BCUT2D eigenvalue weighted by Gasteiger charge is -2.22. The fraction of sp³-hybridized carbons (Fsp3) is 0.412. The molecule has 1 aromatic carbocycles. The number of nitrogens with zero attached hydrogens (tertiary/aromatic N) is 3. The lowest BCUT2D eigenvalue weighted by Crippen LogP contribution is -2.40. The molecule has 1 aliphatic rings. The molecule has 0 radical (unpaired) electrons. The first-order valence-corrected chi connectivity index (χ1v) is 8.49. The number of ether oxygens (including phenoxy) is 1. The highest BCUT2D eigenvalue weighted by Crippen LogP contribution is 2.16. The number of nitrogens with one attached hydrogen (secondary N) is 1. The summed E-state index contributed by atoms with van der Waals surface area (Å²) < 4.78 is 6.98. The van der Waals surface area contributed by atoms with Gasteiger partial charge in [0.05, 0.1) is 38.1 Å². The van der Waals surface area contributed by atoms with Crippen molar-refractivity contribution in [2.75, 3.05) is 31.6 Å². The lowest BCUT2D eigenvalue weighted by atomic mass is 10.2. The number of amides is 2. The van der Waals surface area contributed by atoms with E-state index in [0.29, 0.717) is 30.5 Å². The zero-order valence-electron chi connectivity index (χ0n) is 14.0. The number of aliphatic hydroxyl groups is 1. The van der Waals surface area contributed by atoms with E-state index in [-0.39, 0.29) is 19.2 Å². The maximum atomic E-state index is 12.5. The molecule has 1 aliphatic heterocycles. The number of carbonyl (C=O) groups is 1. The molecule has 2 heterocycles. The number of urea groups is 1. The van der Waals surface area contributed by atoms with Crippen molar-refractivity contribution >= 4 is 23.4 Å². The number of benzene rings is 1. The van der Waals surface area contributed by atoms with E-state index in [4.69, 9.17) is 16.3 Å². The number of hydrogen-bond acceptors (Lipinski definition) is 4. The molecular weight excluding hydrogens is 344 g/mol. The molecule has 1 fully saturated rings. The van der Waals surface area contributed by atoms with Crippen molar-refractivity contribution in [2.24, 2.45) is 0 Å². The lowest BCUT2D eigenvalue weighted by molar-refractivity contribution is 0.0575. The summed E-state index contributed by atoms with van der Waals surface area (Å²) >= 11 is 6.03. The van der Waals surface area contributed by atoms with Crippen LogP contribution in [0.4, 0.5) is 10.6 Å². The van der Waals surface area contributed by atoms with Gasteiger partial charge in [-0.05, 0) is 24.6 Å². The van der Waals surface area contributed by atoms with Crippen LogP contribution in [0, 0.1) is 6.92 Å². The highest BCUT2D eigenvalue weighted by molar-refractivity contribution is 6.30. The first-order chi connectivity index (χ1) is 12.0. The number of halogens is 1. The third kappa shape index (κ3) is 4.72. The highest BCUT2D eigenvalue weighted by Gasteiger charge is 2.22. The second kappa shape index (κ2) is 7.86. The standard InChI is InChI=1S/C17H21ClN4O3/c1-12-7-16(19-17(24)21-5-6-25-11-15(23)10-21)22(20-12)9-13-3-2-4-14(18)8-13/h2-4,7-8,15,23H,5-6,9-11H2,1H3,(H,19,24)/t15-/m1/s1. The van der Waals surface area contributed by atoms with Crippen LogP contribution in [0.1, 0.15) is 11.3 Å². The van der Waals surface area contributed by atoms with Crippen LogP contribution in [-0.2, 0) is 11.3 Å². The maximum Gasteiger partial charge on any atom is 0.323 e. The Kier molecular flexibility index (Phi) is 5.57. The largest absolute Gasteiger partial charge is 0.389 e. The molecule has 1 saturated heterocycles. The minimum Gasteiger partial charge on any atom is -0.389 e. The number of aryl methyl sites for hydroxylation is 1. The van der Waals surface area contributed by atoms with Gasteiger partial charge in [-0.2, -0.15) is 5.10 Å². The van der Waals surface area contributed by atoms with Gasteiger partial charge in [0.2, 0.25) is 0 Å². The Morgan fingerprint density at radius 1 is 1.48 bits per heavy atom. The molecule has 2 amide bonds. The Labute approximate surface area is 151 Å². The van der Waals surface area contributed by atoms with E-state index in [2.05, 4.69) is 10.4 Å². The first-order valence-electron chi connectivity index (χ1n) is 8.12. The van der Waals surface area contributed by atoms with Gasteiger partial charge < -0.3 is 14.7 Å². The van der Waals surface area contributed by atoms with Crippen LogP contribution in [0.15, 0.2) is 30.3 Å². The SMILES string of the molecule is Cc1cc(NC(=O)N2CCOC[C@H](O)C2)n(Cc2cccc(Cl)c2)n1. The van der Waals surface area contributed by atoms with E-state index in [0.717, 1.165) is 11.3 Å². The summed E-state index contributed by atoms with van der Waals surface area (Å²) in [7, 11) is 0. The summed E-state index contributed by atoms with van der Waals surface area (Å²) in [5.41, 5.74) is 1.79. The predicted molar refractivity (Wildman–Crippen MR) is 94.9 cm³/mol. The Hall–Kier alpha value is -2.09. The fourth-order valence-corrected chi connectivity index (χ4v) is 2.95. The van der Waals surface area contributed by atoms with E-state index in [1.54, 1.807) is 9.58 Å². The third-order valence-electron chi connectivity index (χ3n) is 3.89. The number of aliphatic hydroxyl groups excluding tert-OH is 1. The fourth-order valence-electron chi connectivity index (χ4n) is 2.74. The van der Waals surface area contributed by atoms with Gasteiger partial charge in [0.25, 0.3) is 0 Å². The Morgan fingerprint density at radius 2 is 2.32 bits per heavy atom. The van der Waals surface area contributed by atoms with Gasteiger partial charge in [0.15, 0.2) is 0 Å². The summed E-state index contributed by atoms with van der Waals surface area (Å²) in [4.78, 5) is 14.1. The second-order valence-electron chi connectivity index (χ2n) is 6.06.